The van der Waals surface area contributed by atoms with Crippen molar-refractivity contribution in [3.63, 3.8) is 0 Å². The van der Waals surface area contributed by atoms with E-state index in [2.05, 4.69) is 12.1 Å². The van der Waals surface area contributed by atoms with Crippen LogP contribution in [0.25, 0.3) is 0 Å². The second kappa shape index (κ2) is 6.15. The molecule has 2 aromatic rings. The van der Waals surface area contributed by atoms with E-state index in [0.29, 0.717) is 11.3 Å². The Balaban J connectivity index is 2.60. The first-order valence-electron chi connectivity index (χ1n) is 7.00. The Morgan fingerprint density at radius 1 is 1.14 bits per heavy atom. The number of hydrogen-bond donors (Lipinski definition) is 1. The van der Waals surface area contributed by atoms with Crippen molar-refractivity contribution in [2.75, 3.05) is 7.11 Å². The van der Waals surface area contributed by atoms with E-state index in [0.717, 1.165) is 22.3 Å². The van der Waals surface area contributed by atoms with E-state index in [-0.39, 0.29) is 5.69 Å². The highest BCUT2D eigenvalue weighted by Gasteiger charge is 2.21. The van der Waals surface area contributed by atoms with Gasteiger partial charge in [-0.15, -0.1) is 0 Å². The molecular weight excluding hydrogens is 280 g/mol. The third kappa shape index (κ3) is 2.94. The first kappa shape index (κ1) is 16.0. The van der Waals surface area contributed by atoms with E-state index >= 15 is 0 Å². The number of non-ortho nitro benzene ring substituents is 1. The maximum absolute atomic E-state index is 11.0. The zero-order valence-corrected chi connectivity index (χ0v) is 13.2. The molecular formula is C17H20N2O3. The van der Waals surface area contributed by atoms with Gasteiger partial charge in [0.05, 0.1) is 18.1 Å². The van der Waals surface area contributed by atoms with Gasteiger partial charge in [-0.25, -0.2) is 0 Å². The van der Waals surface area contributed by atoms with Crippen molar-refractivity contribution >= 4 is 5.69 Å². The Morgan fingerprint density at radius 2 is 1.73 bits per heavy atom. The van der Waals surface area contributed by atoms with Crippen molar-refractivity contribution in [1.82, 2.24) is 0 Å². The van der Waals surface area contributed by atoms with Crippen molar-refractivity contribution in [2.24, 2.45) is 5.73 Å². The molecule has 2 N–H and O–H groups in total. The molecule has 2 aromatic carbocycles. The molecule has 0 aliphatic heterocycles. The molecule has 1 unspecified atom stereocenters. The largest absolute Gasteiger partial charge is 0.496 e. The smallest absolute Gasteiger partial charge is 0.270 e. The number of nitro benzene ring substituents is 1. The van der Waals surface area contributed by atoms with E-state index in [9.17, 15) is 10.1 Å². The number of methoxy groups -OCH3 is 1. The topological polar surface area (TPSA) is 78.4 Å². The third-order valence-electron chi connectivity index (χ3n) is 3.81. The first-order chi connectivity index (χ1) is 10.3. The van der Waals surface area contributed by atoms with Gasteiger partial charge in [-0.05, 0) is 43.5 Å². The van der Waals surface area contributed by atoms with Crippen LogP contribution in [0.4, 0.5) is 5.69 Å². The fourth-order valence-electron chi connectivity index (χ4n) is 2.92. The quantitative estimate of drug-likeness (QED) is 0.691. The van der Waals surface area contributed by atoms with Gasteiger partial charge in [0, 0.05) is 17.7 Å². The predicted octanol–water partition coefficient (Wildman–Crippen LogP) is 3.58. The molecule has 116 valence electrons. The van der Waals surface area contributed by atoms with Crippen molar-refractivity contribution in [2.45, 2.75) is 26.8 Å². The number of ether oxygens (including phenoxy) is 1. The average molecular weight is 300 g/mol. The minimum atomic E-state index is -0.476. The maximum Gasteiger partial charge on any atom is 0.270 e. The van der Waals surface area contributed by atoms with Gasteiger partial charge >= 0.3 is 0 Å². The summed E-state index contributed by atoms with van der Waals surface area (Å²) in [4.78, 5) is 10.6. The van der Waals surface area contributed by atoms with Crippen molar-refractivity contribution in [3.05, 3.63) is 68.3 Å². The molecule has 0 aliphatic carbocycles. The van der Waals surface area contributed by atoms with Crippen LogP contribution in [-0.4, -0.2) is 12.0 Å². The van der Waals surface area contributed by atoms with E-state index in [4.69, 9.17) is 10.5 Å². The van der Waals surface area contributed by atoms with Gasteiger partial charge in [-0.2, -0.15) is 0 Å². The van der Waals surface area contributed by atoms with Crippen LogP contribution < -0.4 is 10.5 Å². The number of aryl methyl sites for hydroxylation is 3. The maximum atomic E-state index is 11.0. The van der Waals surface area contributed by atoms with Crippen molar-refractivity contribution in [1.29, 1.82) is 0 Å². The summed E-state index contributed by atoms with van der Waals surface area (Å²) < 4.78 is 5.32. The summed E-state index contributed by atoms with van der Waals surface area (Å²) >= 11 is 0. The Labute approximate surface area is 129 Å². The number of benzene rings is 2. The fraction of sp³-hybridized carbons (Fsp3) is 0.294. The van der Waals surface area contributed by atoms with Crippen LogP contribution >= 0.6 is 0 Å². The van der Waals surface area contributed by atoms with Gasteiger partial charge in [-0.1, -0.05) is 17.7 Å². The Kier molecular flexibility index (Phi) is 4.47. The average Bonchev–Trinajstić information content (AvgIpc) is 2.45. The molecule has 0 fully saturated rings. The highest BCUT2D eigenvalue weighted by molar-refractivity contribution is 5.51. The minimum Gasteiger partial charge on any atom is -0.496 e. The molecule has 0 saturated heterocycles. The Hall–Kier alpha value is -2.40. The molecule has 2 rings (SSSR count). The lowest BCUT2D eigenvalue weighted by Crippen LogP contribution is -2.16. The molecule has 0 saturated carbocycles. The van der Waals surface area contributed by atoms with Crippen molar-refractivity contribution in [3.8, 4) is 5.75 Å². The summed E-state index contributed by atoms with van der Waals surface area (Å²) in [7, 11) is 1.53. The number of rotatable bonds is 4. The predicted molar refractivity (Wildman–Crippen MR) is 86.3 cm³/mol. The van der Waals surface area contributed by atoms with Crippen LogP contribution in [0.3, 0.4) is 0 Å². The fourth-order valence-corrected chi connectivity index (χ4v) is 2.92. The van der Waals surface area contributed by atoms with Crippen LogP contribution in [0.2, 0.25) is 0 Å². The summed E-state index contributed by atoms with van der Waals surface area (Å²) in [5.41, 5.74) is 11.3. The summed E-state index contributed by atoms with van der Waals surface area (Å²) in [6.07, 6.45) is 0. The van der Waals surface area contributed by atoms with E-state index in [1.165, 1.54) is 19.2 Å². The monoisotopic (exact) mass is 300 g/mol. The van der Waals surface area contributed by atoms with Crippen molar-refractivity contribution < 1.29 is 9.66 Å². The van der Waals surface area contributed by atoms with Gasteiger partial charge in [0.15, 0.2) is 0 Å². The standard InChI is InChI=1S/C17H20N2O3/c1-10-7-11(2)16(12(3)8-10)17(18)14-9-13(19(20)21)5-6-15(14)22-4/h5-9,17H,18H2,1-4H3. The van der Waals surface area contributed by atoms with E-state index in [1.807, 2.05) is 20.8 Å². The first-order valence-corrected chi connectivity index (χ1v) is 7.00. The normalized spacial score (nSPS) is 12.0. The van der Waals surface area contributed by atoms with Crippen LogP contribution in [0.15, 0.2) is 30.3 Å². The number of nitrogens with two attached hydrogens (primary N) is 1. The van der Waals surface area contributed by atoms with Crippen LogP contribution in [0.5, 0.6) is 5.75 Å². The number of nitro groups is 1. The molecule has 1 atom stereocenters. The van der Waals surface area contributed by atoms with Gasteiger partial charge < -0.3 is 10.5 Å². The second-order valence-electron chi connectivity index (χ2n) is 5.47. The van der Waals surface area contributed by atoms with Gasteiger partial charge in [-0.3, -0.25) is 10.1 Å². The number of hydrogen-bond acceptors (Lipinski definition) is 4. The summed E-state index contributed by atoms with van der Waals surface area (Å²) in [5.74, 6) is 0.553. The summed E-state index contributed by atoms with van der Waals surface area (Å²) in [5, 5.41) is 11.0. The van der Waals surface area contributed by atoms with Gasteiger partial charge in [0.25, 0.3) is 5.69 Å². The molecule has 5 nitrogen and oxygen atoms in total. The highest BCUT2D eigenvalue weighted by Crippen LogP contribution is 2.34. The zero-order valence-electron chi connectivity index (χ0n) is 13.2. The molecule has 0 bridgehead atoms. The molecule has 22 heavy (non-hydrogen) atoms. The highest BCUT2D eigenvalue weighted by atomic mass is 16.6. The Morgan fingerprint density at radius 3 is 2.23 bits per heavy atom. The third-order valence-corrected chi connectivity index (χ3v) is 3.81. The molecule has 5 heteroatoms. The van der Waals surface area contributed by atoms with Crippen LogP contribution in [-0.2, 0) is 0 Å². The summed E-state index contributed by atoms with van der Waals surface area (Å²) in [6, 6.07) is 8.14. The van der Waals surface area contributed by atoms with Crippen LogP contribution in [0, 0.1) is 30.9 Å². The van der Waals surface area contributed by atoms with Gasteiger partial charge in [0.1, 0.15) is 5.75 Å². The minimum absolute atomic E-state index is 0.00803. The lowest BCUT2D eigenvalue weighted by molar-refractivity contribution is -0.384. The Bertz CT molecular complexity index is 703. The molecule has 0 aliphatic rings. The van der Waals surface area contributed by atoms with E-state index < -0.39 is 11.0 Å². The van der Waals surface area contributed by atoms with Gasteiger partial charge in [0.2, 0.25) is 0 Å². The lowest BCUT2D eigenvalue weighted by Gasteiger charge is -2.20. The molecule has 0 spiro atoms. The molecule has 0 amide bonds. The number of nitrogens with zero attached hydrogens (tertiary/aromatic N) is 1. The zero-order chi connectivity index (χ0) is 16.4. The van der Waals surface area contributed by atoms with E-state index in [1.54, 1.807) is 6.07 Å². The molecule has 0 aromatic heterocycles. The SMILES string of the molecule is COc1ccc([N+](=O)[O-])cc1C(N)c1c(C)cc(C)cc1C. The summed E-state index contributed by atoms with van der Waals surface area (Å²) in [6.45, 7) is 6.03. The molecule has 0 radical (unpaired) electrons. The van der Waals surface area contributed by atoms with Crippen LogP contribution in [0.1, 0.15) is 33.9 Å². The second-order valence-corrected chi connectivity index (χ2v) is 5.47. The lowest BCUT2D eigenvalue weighted by atomic mass is 9.90. The molecule has 0 heterocycles.